The number of hydrogen-bond donors (Lipinski definition) is 1. The van der Waals surface area contributed by atoms with Crippen LogP contribution in [0.3, 0.4) is 0 Å². The maximum absolute atomic E-state index is 5.54. The van der Waals surface area contributed by atoms with Gasteiger partial charge in [0.2, 0.25) is 0 Å². The highest BCUT2D eigenvalue weighted by atomic mass is 16.6. The molecule has 0 bridgehead atoms. The molecule has 5 heteroatoms. The van der Waals surface area contributed by atoms with Gasteiger partial charge in [-0.3, -0.25) is 0 Å². The molecular formula is C14H26N2O3. The van der Waals surface area contributed by atoms with E-state index in [1.807, 2.05) is 20.8 Å². The van der Waals surface area contributed by atoms with Crippen LogP contribution in [0.15, 0.2) is 10.7 Å². The number of aromatic nitrogens is 1. The van der Waals surface area contributed by atoms with Gasteiger partial charge in [0.05, 0.1) is 17.9 Å². The largest absolute Gasteiger partial charge is 0.448 e. The van der Waals surface area contributed by atoms with Crippen molar-refractivity contribution in [3.8, 4) is 6.08 Å². The monoisotopic (exact) mass is 270 g/mol. The van der Waals surface area contributed by atoms with Crippen molar-refractivity contribution >= 4 is 0 Å². The SMILES string of the molecule is CC(C)CNCc1coc(OCCOC(C)(C)C)n1. The molecule has 0 aliphatic rings. The molecule has 0 aromatic carbocycles. The van der Waals surface area contributed by atoms with Crippen molar-refractivity contribution in [2.24, 2.45) is 5.92 Å². The Bertz CT molecular complexity index is 356. The quantitative estimate of drug-likeness (QED) is 0.736. The molecule has 0 spiro atoms. The number of ether oxygens (including phenoxy) is 2. The average molecular weight is 270 g/mol. The number of nitrogens with zero attached hydrogens (tertiary/aromatic N) is 1. The summed E-state index contributed by atoms with van der Waals surface area (Å²) in [6.07, 6.45) is 1.92. The van der Waals surface area contributed by atoms with Crippen molar-refractivity contribution in [2.75, 3.05) is 19.8 Å². The van der Waals surface area contributed by atoms with Gasteiger partial charge in [-0.25, -0.2) is 0 Å². The molecule has 0 amide bonds. The van der Waals surface area contributed by atoms with E-state index >= 15 is 0 Å². The topological polar surface area (TPSA) is 56.5 Å². The second-order valence-corrected chi connectivity index (χ2v) is 5.94. The molecule has 1 aromatic heterocycles. The van der Waals surface area contributed by atoms with Crippen molar-refractivity contribution in [1.82, 2.24) is 10.3 Å². The van der Waals surface area contributed by atoms with Crippen LogP contribution in [-0.4, -0.2) is 30.3 Å². The van der Waals surface area contributed by atoms with Gasteiger partial charge < -0.3 is 19.2 Å². The molecule has 0 radical (unpaired) electrons. The highest BCUT2D eigenvalue weighted by Gasteiger charge is 2.10. The van der Waals surface area contributed by atoms with Gasteiger partial charge in [-0.2, -0.15) is 4.98 Å². The Morgan fingerprint density at radius 3 is 2.68 bits per heavy atom. The van der Waals surface area contributed by atoms with Crippen LogP contribution in [0.4, 0.5) is 0 Å². The van der Waals surface area contributed by atoms with E-state index in [2.05, 4.69) is 24.1 Å². The Morgan fingerprint density at radius 1 is 1.32 bits per heavy atom. The molecule has 110 valence electrons. The van der Waals surface area contributed by atoms with Crippen LogP contribution < -0.4 is 10.1 Å². The van der Waals surface area contributed by atoms with Crippen molar-refractivity contribution < 1.29 is 13.9 Å². The van der Waals surface area contributed by atoms with E-state index in [-0.39, 0.29) is 5.60 Å². The van der Waals surface area contributed by atoms with Gasteiger partial charge in [-0.05, 0) is 33.2 Å². The Hall–Kier alpha value is -1.07. The highest BCUT2D eigenvalue weighted by molar-refractivity contribution is 4.99. The first-order valence-corrected chi connectivity index (χ1v) is 6.78. The Morgan fingerprint density at radius 2 is 2.05 bits per heavy atom. The third-order valence-corrected chi connectivity index (χ3v) is 2.23. The fraction of sp³-hybridized carbons (Fsp3) is 0.786. The molecule has 0 unspecified atom stereocenters. The maximum atomic E-state index is 5.54. The van der Waals surface area contributed by atoms with E-state index in [0.29, 0.717) is 31.8 Å². The number of oxazole rings is 1. The Balaban J connectivity index is 2.19. The first kappa shape index (κ1) is 16.0. The standard InChI is InChI=1S/C14H26N2O3/c1-11(2)8-15-9-12-10-18-13(16-12)17-6-7-19-14(3,4)5/h10-11,15H,6-9H2,1-5H3. The second-order valence-electron chi connectivity index (χ2n) is 5.94. The van der Waals surface area contributed by atoms with Crippen LogP contribution >= 0.6 is 0 Å². The lowest BCUT2D eigenvalue weighted by molar-refractivity contribution is -0.0196. The summed E-state index contributed by atoms with van der Waals surface area (Å²) in [5.41, 5.74) is 0.707. The third-order valence-electron chi connectivity index (χ3n) is 2.23. The van der Waals surface area contributed by atoms with Crippen LogP contribution in [0.2, 0.25) is 0 Å². The van der Waals surface area contributed by atoms with Crippen LogP contribution in [0, 0.1) is 5.92 Å². The molecule has 0 aliphatic carbocycles. The van der Waals surface area contributed by atoms with Gasteiger partial charge in [-0.15, -0.1) is 0 Å². The lowest BCUT2D eigenvalue weighted by Gasteiger charge is -2.18. The van der Waals surface area contributed by atoms with E-state index in [0.717, 1.165) is 12.2 Å². The zero-order chi connectivity index (χ0) is 14.3. The summed E-state index contributed by atoms with van der Waals surface area (Å²) in [4.78, 5) is 4.23. The smallest absolute Gasteiger partial charge is 0.393 e. The summed E-state index contributed by atoms with van der Waals surface area (Å²) in [6.45, 7) is 13.0. The predicted octanol–water partition coefficient (Wildman–Crippen LogP) is 2.61. The molecule has 0 saturated carbocycles. The molecule has 0 fully saturated rings. The molecule has 1 heterocycles. The molecule has 1 aromatic rings. The van der Waals surface area contributed by atoms with E-state index < -0.39 is 0 Å². The zero-order valence-corrected chi connectivity index (χ0v) is 12.7. The Labute approximate surface area is 115 Å². The lowest BCUT2D eigenvalue weighted by atomic mass is 10.2. The van der Waals surface area contributed by atoms with Gasteiger partial charge in [0.1, 0.15) is 12.9 Å². The van der Waals surface area contributed by atoms with Gasteiger partial charge in [0, 0.05) is 6.54 Å². The minimum absolute atomic E-state index is 0.147. The van der Waals surface area contributed by atoms with Crippen LogP contribution in [0.25, 0.3) is 0 Å². The van der Waals surface area contributed by atoms with E-state index in [1.54, 1.807) is 6.26 Å². The number of nitrogens with one attached hydrogen (secondary N) is 1. The molecule has 0 aliphatic heterocycles. The van der Waals surface area contributed by atoms with E-state index in [4.69, 9.17) is 13.9 Å². The summed E-state index contributed by atoms with van der Waals surface area (Å²) >= 11 is 0. The first-order chi connectivity index (χ1) is 8.87. The fourth-order valence-electron chi connectivity index (χ4n) is 1.40. The van der Waals surface area contributed by atoms with Crippen LogP contribution in [0.1, 0.15) is 40.3 Å². The summed E-state index contributed by atoms with van der Waals surface area (Å²) in [6, 6.07) is 0. The molecule has 19 heavy (non-hydrogen) atoms. The van der Waals surface area contributed by atoms with Gasteiger partial charge >= 0.3 is 6.08 Å². The molecular weight excluding hydrogens is 244 g/mol. The molecule has 5 nitrogen and oxygen atoms in total. The van der Waals surface area contributed by atoms with Crippen LogP contribution in [0.5, 0.6) is 6.08 Å². The third kappa shape index (κ3) is 7.85. The normalized spacial score (nSPS) is 12.1. The van der Waals surface area contributed by atoms with E-state index in [9.17, 15) is 0 Å². The van der Waals surface area contributed by atoms with Gasteiger partial charge in [0.25, 0.3) is 0 Å². The summed E-state index contributed by atoms with van der Waals surface area (Å²) in [5, 5.41) is 3.30. The van der Waals surface area contributed by atoms with Crippen molar-refractivity contribution in [2.45, 2.75) is 46.8 Å². The second kappa shape index (κ2) is 7.50. The minimum Gasteiger partial charge on any atom is -0.448 e. The summed E-state index contributed by atoms with van der Waals surface area (Å²) < 4.78 is 16.1. The highest BCUT2D eigenvalue weighted by Crippen LogP contribution is 2.11. The van der Waals surface area contributed by atoms with Crippen molar-refractivity contribution in [3.05, 3.63) is 12.0 Å². The summed E-state index contributed by atoms with van der Waals surface area (Å²) in [5.74, 6) is 0.622. The first-order valence-electron chi connectivity index (χ1n) is 6.78. The fourth-order valence-corrected chi connectivity index (χ4v) is 1.40. The molecule has 1 rings (SSSR count). The predicted molar refractivity (Wildman–Crippen MR) is 74.2 cm³/mol. The summed E-state index contributed by atoms with van der Waals surface area (Å²) in [7, 11) is 0. The van der Waals surface area contributed by atoms with Crippen LogP contribution in [-0.2, 0) is 11.3 Å². The van der Waals surface area contributed by atoms with Gasteiger partial charge in [0.15, 0.2) is 0 Å². The lowest BCUT2D eigenvalue weighted by Crippen LogP contribution is -2.22. The minimum atomic E-state index is -0.147. The average Bonchev–Trinajstić information content (AvgIpc) is 2.71. The number of rotatable bonds is 8. The zero-order valence-electron chi connectivity index (χ0n) is 12.7. The van der Waals surface area contributed by atoms with Crippen molar-refractivity contribution in [3.63, 3.8) is 0 Å². The molecule has 1 N–H and O–H groups in total. The Kier molecular flexibility index (Phi) is 6.31. The number of hydrogen-bond acceptors (Lipinski definition) is 5. The van der Waals surface area contributed by atoms with Crippen molar-refractivity contribution in [1.29, 1.82) is 0 Å². The van der Waals surface area contributed by atoms with E-state index in [1.165, 1.54) is 0 Å². The maximum Gasteiger partial charge on any atom is 0.393 e. The van der Waals surface area contributed by atoms with Gasteiger partial charge in [-0.1, -0.05) is 13.8 Å². The molecule has 0 atom stereocenters. The molecule has 0 saturated heterocycles.